The Bertz CT molecular complexity index is 809. The van der Waals surface area contributed by atoms with Crippen LogP contribution in [0.5, 0.6) is 0 Å². The number of Topliss-reactive ketones (excluding diaryl/α,β-unsaturated/α-hetero) is 1. The van der Waals surface area contributed by atoms with Gasteiger partial charge in [0.15, 0.2) is 5.78 Å². The number of ketones is 1. The van der Waals surface area contributed by atoms with Crippen molar-refractivity contribution in [3.05, 3.63) is 70.4 Å². The fourth-order valence-corrected chi connectivity index (χ4v) is 4.86. The fraction of sp³-hybridized carbons (Fsp3) is 0.581. The molecule has 2 rings (SSSR count). The third-order valence-electron chi connectivity index (χ3n) is 7.24. The minimum atomic E-state index is 0.244. The predicted molar refractivity (Wildman–Crippen MR) is 141 cm³/mol. The van der Waals surface area contributed by atoms with Crippen LogP contribution in [0.25, 0.3) is 0 Å². The summed E-state index contributed by atoms with van der Waals surface area (Å²) >= 11 is 0. The van der Waals surface area contributed by atoms with Gasteiger partial charge in [0.05, 0.1) is 0 Å². The molecule has 0 aromatic heterocycles. The molecule has 0 bridgehead atoms. The summed E-state index contributed by atoms with van der Waals surface area (Å²) in [6.45, 7) is 13.1. The van der Waals surface area contributed by atoms with Crippen molar-refractivity contribution in [1.82, 2.24) is 0 Å². The molecule has 0 aromatic carbocycles. The molecule has 1 heteroatoms. The average molecular weight is 435 g/mol. The van der Waals surface area contributed by atoms with Gasteiger partial charge in [0.25, 0.3) is 0 Å². The Morgan fingerprint density at radius 2 is 1.88 bits per heavy atom. The first-order chi connectivity index (χ1) is 15.3. The highest BCUT2D eigenvalue weighted by Gasteiger charge is 2.20. The van der Waals surface area contributed by atoms with Crippen molar-refractivity contribution in [2.75, 3.05) is 0 Å². The Labute approximate surface area is 198 Å². The van der Waals surface area contributed by atoms with E-state index in [1.54, 1.807) is 11.1 Å². The molecule has 0 N–H and O–H groups in total. The summed E-state index contributed by atoms with van der Waals surface area (Å²) in [6, 6.07) is 0. The summed E-state index contributed by atoms with van der Waals surface area (Å²) < 4.78 is 0. The van der Waals surface area contributed by atoms with E-state index in [9.17, 15) is 4.79 Å². The van der Waals surface area contributed by atoms with Crippen LogP contribution >= 0.6 is 0 Å². The second kappa shape index (κ2) is 13.6. The lowest BCUT2D eigenvalue weighted by Gasteiger charge is -2.20. The van der Waals surface area contributed by atoms with Gasteiger partial charge in [-0.2, -0.15) is 0 Å². The van der Waals surface area contributed by atoms with Crippen LogP contribution in [0.2, 0.25) is 0 Å². The lowest BCUT2D eigenvalue weighted by molar-refractivity contribution is -0.112. The molecule has 0 fully saturated rings. The van der Waals surface area contributed by atoms with Crippen molar-refractivity contribution in [2.24, 2.45) is 17.8 Å². The van der Waals surface area contributed by atoms with Crippen LogP contribution in [0.1, 0.15) is 99.3 Å². The summed E-state index contributed by atoms with van der Waals surface area (Å²) in [5.41, 5.74) is 6.58. The molecule has 32 heavy (non-hydrogen) atoms. The van der Waals surface area contributed by atoms with Gasteiger partial charge in [0, 0.05) is 0 Å². The Balaban J connectivity index is 1.91. The second-order valence-corrected chi connectivity index (χ2v) is 10.2. The first-order valence-electron chi connectivity index (χ1n) is 12.9. The van der Waals surface area contributed by atoms with Gasteiger partial charge in [0.2, 0.25) is 0 Å². The number of carbonyl (C=O) groups excluding carboxylic acids is 1. The van der Waals surface area contributed by atoms with Crippen LogP contribution in [0.4, 0.5) is 0 Å². The van der Waals surface area contributed by atoms with Crippen molar-refractivity contribution in [2.45, 2.75) is 99.3 Å². The molecule has 0 saturated heterocycles. The summed E-state index contributed by atoms with van der Waals surface area (Å²) in [7, 11) is 0. The van der Waals surface area contributed by atoms with Crippen LogP contribution in [0.15, 0.2) is 70.4 Å². The van der Waals surface area contributed by atoms with E-state index in [1.165, 1.54) is 37.7 Å². The van der Waals surface area contributed by atoms with E-state index >= 15 is 0 Å². The molecule has 0 amide bonds. The van der Waals surface area contributed by atoms with Crippen molar-refractivity contribution < 1.29 is 4.79 Å². The molecule has 0 heterocycles. The second-order valence-electron chi connectivity index (χ2n) is 10.2. The number of hydrogen-bond donors (Lipinski definition) is 0. The Morgan fingerprint density at radius 1 is 1.12 bits per heavy atom. The number of hydrogen-bond acceptors (Lipinski definition) is 1. The Morgan fingerprint density at radius 3 is 2.50 bits per heavy atom. The van der Waals surface area contributed by atoms with E-state index < -0.39 is 0 Å². The number of allylic oxidation sites excluding steroid dienone is 12. The third-order valence-corrected chi connectivity index (χ3v) is 7.24. The minimum Gasteiger partial charge on any atom is -0.289 e. The molecule has 1 nitrogen and oxygen atoms in total. The van der Waals surface area contributed by atoms with Crippen molar-refractivity contribution in [1.29, 1.82) is 0 Å². The van der Waals surface area contributed by atoms with Gasteiger partial charge in [-0.15, -0.1) is 0 Å². The van der Waals surface area contributed by atoms with Gasteiger partial charge in [-0.3, -0.25) is 4.79 Å². The van der Waals surface area contributed by atoms with E-state index in [2.05, 4.69) is 77.2 Å². The first kappa shape index (κ1) is 26.4. The Hall–Kier alpha value is -1.89. The molecule has 0 saturated carbocycles. The summed E-state index contributed by atoms with van der Waals surface area (Å²) in [6.07, 6.45) is 25.8. The molecule has 2 atom stereocenters. The molecular formula is C31H46O. The maximum Gasteiger partial charge on any atom is 0.184 e. The van der Waals surface area contributed by atoms with Crippen LogP contribution in [-0.2, 0) is 4.79 Å². The van der Waals surface area contributed by atoms with Gasteiger partial charge >= 0.3 is 0 Å². The smallest absolute Gasteiger partial charge is 0.184 e. The van der Waals surface area contributed by atoms with Crippen molar-refractivity contribution in [3.63, 3.8) is 0 Å². The molecule has 2 unspecified atom stereocenters. The Kier molecular flexibility index (Phi) is 11.2. The zero-order valence-electron chi connectivity index (χ0n) is 21.5. The molecule has 2 aliphatic carbocycles. The third kappa shape index (κ3) is 8.23. The van der Waals surface area contributed by atoms with E-state index in [1.807, 2.05) is 6.92 Å². The molecular weight excluding hydrogens is 388 g/mol. The molecule has 2 aliphatic rings. The summed E-state index contributed by atoms with van der Waals surface area (Å²) in [4.78, 5) is 13.0. The maximum atomic E-state index is 13.0. The van der Waals surface area contributed by atoms with E-state index in [0.717, 1.165) is 42.7 Å². The van der Waals surface area contributed by atoms with Gasteiger partial charge in [0.1, 0.15) is 0 Å². The SMILES string of the molecule is CC=CCC(/C=C(\C)C(=O)C1=CCC(CC2CCC(C)=C(C=CCC)CC2)=CC1)C(C)C. The monoisotopic (exact) mass is 434 g/mol. The normalized spacial score (nSPS) is 21.8. The average Bonchev–Trinajstić information content (AvgIpc) is 2.96. The van der Waals surface area contributed by atoms with Crippen molar-refractivity contribution in [3.8, 4) is 0 Å². The zero-order valence-corrected chi connectivity index (χ0v) is 21.5. The highest BCUT2D eigenvalue weighted by Crippen LogP contribution is 2.34. The molecule has 0 radical (unpaired) electrons. The standard InChI is InChI=1S/C31H46O/c1-7-9-11-28-18-15-26(14-13-24(28)5)22-27-16-19-29(20-17-27)31(32)25(6)21-30(23(3)4)12-10-8-2/h8-11,16,20-21,23,26,30H,7,12-15,17-19,22H2,1-6H3/b10-8?,11-9?,25-21+. The highest BCUT2D eigenvalue weighted by atomic mass is 16.1. The van der Waals surface area contributed by atoms with Crippen LogP contribution in [-0.4, -0.2) is 5.78 Å². The predicted octanol–water partition coefficient (Wildman–Crippen LogP) is 9.25. The summed E-state index contributed by atoms with van der Waals surface area (Å²) in [5.74, 6) is 1.98. The summed E-state index contributed by atoms with van der Waals surface area (Å²) in [5, 5.41) is 0. The molecule has 0 aromatic rings. The van der Waals surface area contributed by atoms with Gasteiger partial charge < -0.3 is 0 Å². The van der Waals surface area contributed by atoms with E-state index in [0.29, 0.717) is 11.8 Å². The quantitative estimate of drug-likeness (QED) is 0.247. The zero-order chi connectivity index (χ0) is 23.5. The van der Waals surface area contributed by atoms with Gasteiger partial charge in [-0.25, -0.2) is 0 Å². The van der Waals surface area contributed by atoms with Gasteiger partial charge in [-0.1, -0.05) is 74.4 Å². The number of rotatable bonds is 10. The van der Waals surface area contributed by atoms with Crippen LogP contribution < -0.4 is 0 Å². The van der Waals surface area contributed by atoms with E-state index in [-0.39, 0.29) is 5.78 Å². The number of carbonyl (C=O) groups is 1. The molecule has 176 valence electrons. The lowest BCUT2D eigenvalue weighted by Crippen LogP contribution is -2.11. The highest BCUT2D eigenvalue weighted by molar-refractivity contribution is 6.08. The van der Waals surface area contributed by atoms with E-state index in [4.69, 9.17) is 0 Å². The topological polar surface area (TPSA) is 17.1 Å². The van der Waals surface area contributed by atoms with Gasteiger partial charge in [-0.05, 0) is 113 Å². The molecule has 0 spiro atoms. The van der Waals surface area contributed by atoms with Crippen molar-refractivity contribution >= 4 is 5.78 Å². The van der Waals surface area contributed by atoms with Crippen LogP contribution in [0.3, 0.4) is 0 Å². The fourth-order valence-electron chi connectivity index (χ4n) is 4.86. The molecule has 0 aliphatic heterocycles. The van der Waals surface area contributed by atoms with Crippen LogP contribution in [0, 0.1) is 17.8 Å². The minimum absolute atomic E-state index is 0.244. The lowest BCUT2D eigenvalue weighted by atomic mass is 9.85. The first-order valence-corrected chi connectivity index (χ1v) is 12.9. The largest absolute Gasteiger partial charge is 0.289 e. The maximum absolute atomic E-state index is 13.0.